The van der Waals surface area contributed by atoms with Gasteiger partial charge in [0.2, 0.25) is 0 Å². The van der Waals surface area contributed by atoms with Gasteiger partial charge in [0.15, 0.2) is 0 Å². The Bertz CT molecular complexity index is 1070. The maximum absolute atomic E-state index is 13.3. The van der Waals surface area contributed by atoms with E-state index in [1.807, 2.05) is 26.0 Å². The number of halogens is 1. The molecule has 1 aliphatic rings. The zero-order chi connectivity index (χ0) is 19.7. The normalized spacial score (nSPS) is 17.8. The maximum Gasteiger partial charge on any atom is 0.258 e. The highest BCUT2D eigenvalue weighted by Crippen LogP contribution is 2.24. The minimum absolute atomic E-state index is 0.0842. The van der Waals surface area contributed by atoms with Crippen molar-refractivity contribution in [3.63, 3.8) is 0 Å². The molecule has 0 spiro atoms. The first-order valence-electron chi connectivity index (χ1n) is 9.33. The van der Waals surface area contributed by atoms with Crippen LogP contribution in [0.15, 0.2) is 47.4 Å². The zero-order valence-corrected chi connectivity index (χ0v) is 16.0. The van der Waals surface area contributed by atoms with Crippen molar-refractivity contribution in [1.82, 2.24) is 14.3 Å². The van der Waals surface area contributed by atoms with E-state index in [-0.39, 0.29) is 17.5 Å². The van der Waals surface area contributed by atoms with Crippen molar-refractivity contribution >= 4 is 11.3 Å². The number of hydrogen-bond acceptors (Lipinski definition) is 5. The van der Waals surface area contributed by atoms with E-state index in [1.54, 1.807) is 10.5 Å². The van der Waals surface area contributed by atoms with E-state index in [9.17, 15) is 9.18 Å². The Balaban J connectivity index is 1.49. The highest BCUT2D eigenvalue weighted by Gasteiger charge is 2.23. The molecule has 4 rings (SSSR count). The molecule has 1 fully saturated rings. The summed E-state index contributed by atoms with van der Waals surface area (Å²) < 4.78 is 20.9. The standard InChI is InChI=1S/C21H23FN4O2/c1-14-9-17(22)3-4-18(14)24-13-25-7-8-28-19(12-25)16-10-15(2)26-20(11-16)23-6-5-21(26)27/h3-6,9-11,19,24H,7-8,12-13H2,1-2H3. The molecule has 0 amide bonds. The Morgan fingerprint density at radius 3 is 2.93 bits per heavy atom. The Hall–Kier alpha value is -2.77. The number of benzene rings is 1. The molecule has 1 atom stereocenters. The lowest BCUT2D eigenvalue weighted by Crippen LogP contribution is -2.41. The van der Waals surface area contributed by atoms with E-state index < -0.39 is 0 Å². The van der Waals surface area contributed by atoms with E-state index in [4.69, 9.17) is 4.74 Å². The van der Waals surface area contributed by atoms with Crippen LogP contribution in [-0.4, -0.2) is 40.6 Å². The van der Waals surface area contributed by atoms with Crippen molar-refractivity contribution in [2.24, 2.45) is 0 Å². The summed E-state index contributed by atoms with van der Waals surface area (Å²) in [6.07, 6.45) is 1.44. The SMILES string of the molecule is Cc1cc(F)ccc1NCN1CCOC(c2cc(C)n3c(=O)ccnc3c2)C1. The Kier molecular flexibility index (Phi) is 5.11. The first kappa shape index (κ1) is 18.6. The fourth-order valence-corrected chi connectivity index (χ4v) is 3.63. The van der Waals surface area contributed by atoms with Crippen LogP contribution in [0.5, 0.6) is 0 Å². The van der Waals surface area contributed by atoms with Gasteiger partial charge in [0.05, 0.1) is 19.4 Å². The lowest BCUT2D eigenvalue weighted by molar-refractivity contribution is -0.0274. The molecular weight excluding hydrogens is 359 g/mol. The van der Waals surface area contributed by atoms with Crippen molar-refractivity contribution < 1.29 is 9.13 Å². The van der Waals surface area contributed by atoms with E-state index in [0.717, 1.165) is 35.6 Å². The summed E-state index contributed by atoms with van der Waals surface area (Å²) >= 11 is 0. The summed E-state index contributed by atoms with van der Waals surface area (Å²) in [6, 6.07) is 10.1. The molecule has 0 saturated carbocycles. The summed E-state index contributed by atoms with van der Waals surface area (Å²) in [4.78, 5) is 18.6. The minimum atomic E-state index is -0.228. The molecule has 0 radical (unpaired) electrons. The second-order valence-electron chi connectivity index (χ2n) is 7.14. The van der Waals surface area contributed by atoms with Crippen LogP contribution in [0, 0.1) is 19.7 Å². The van der Waals surface area contributed by atoms with Crippen molar-refractivity contribution in [3.05, 3.63) is 75.6 Å². The van der Waals surface area contributed by atoms with Crippen LogP contribution < -0.4 is 10.9 Å². The number of morpholine rings is 1. The Labute approximate surface area is 162 Å². The third-order valence-corrected chi connectivity index (χ3v) is 5.10. The summed E-state index contributed by atoms with van der Waals surface area (Å²) in [5.41, 5.74) is 4.20. The van der Waals surface area contributed by atoms with E-state index in [0.29, 0.717) is 18.9 Å². The molecule has 28 heavy (non-hydrogen) atoms. The van der Waals surface area contributed by atoms with Crippen LogP contribution in [0.2, 0.25) is 0 Å². The molecule has 7 heteroatoms. The van der Waals surface area contributed by atoms with Gasteiger partial charge in [0.1, 0.15) is 11.5 Å². The average molecular weight is 382 g/mol. The molecule has 146 valence electrons. The third-order valence-electron chi connectivity index (χ3n) is 5.10. The first-order chi connectivity index (χ1) is 13.5. The van der Waals surface area contributed by atoms with Gasteiger partial charge in [0, 0.05) is 36.7 Å². The van der Waals surface area contributed by atoms with Crippen molar-refractivity contribution in [1.29, 1.82) is 0 Å². The lowest BCUT2D eigenvalue weighted by Gasteiger charge is -2.33. The topological polar surface area (TPSA) is 58.9 Å². The first-order valence-corrected chi connectivity index (χ1v) is 9.33. The number of nitrogens with one attached hydrogen (secondary N) is 1. The number of nitrogens with zero attached hydrogens (tertiary/aromatic N) is 3. The van der Waals surface area contributed by atoms with Gasteiger partial charge in [0.25, 0.3) is 5.56 Å². The fourth-order valence-electron chi connectivity index (χ4n) is 3.63. The molecule has 1 aliphatic heterocycles. The predicted octanol–water partition coefficient (Wildman–Crippen LogP) is 2.89. The summed E-state index contributed by atoms with van der Waals surface area (Å²) in [5, 5.41) is 3.38. The van der Waals surface area contributed by atoms with Crippen molar-refractivity contribution in [2.75, 3.05) is 31.7 Å². The quantitative estimate of drug-likeness (QED) is 0.752. The van der Waals surface area contributed by atoms with Gasteiger partial charge in [-0.25, -0.2) is 9.37 Å². The minimum Gasteiger partial charge on any atom is -0.372 e. The number of hydrogen-bond donors (Lipinski definition) is 1. The molecule has 1 saturated heterocycles. The molecule has 2 aromatic heterocycles. The number of aryl methyl sites for hydroxylation is 2. The van der Waals surface area contributed by atoms with Crippen molar-refractivity contribution in [2.45, 2.75) is 20.0 Å². The molecule has 0 aliphatic carbocycles. The smallest absolute Gasteiger partial charge is 0.258 e. The van der Waals surface area contributed by atoms with Crippen LogP contribution >= 0.6 is 0 Å². The van der Waals surface area contributed by atoms with Crippen LogP contribution in [-0.2, 0) is 4.74 Å². The van der Waals surface area contributed by atoms with Gasteiger partial charge in [-0.05, 0) is 55.3 Å². The molecule has 0 bridgehead atoms. The van der Waals surface area contributed by atoms with Gasteiger partial charge in [-0.2, -0.15) is 0 Å². The van der Waals surface area contributed by atoms with Crippen molar-refractivity contribution in [3.8, 4) is 0 Å². The Morgan fingerprint density at radius 2 is 2.11 bits per heavy atom. The molecule has 1 N–H and O–H groups in total. The van der Waals surface area contributed by atoms with Gasteiger partial charge in [-0.1, -0.05) is 0 Å². The molecular formula is C21H23FN4O2. The summed E-state index contributed by atoms with van der Waals surface area (Å²) in [5.74, 6) is -0.228. The number of aromatic nitrogens is 2. The molecule has 3 heterocycles. The van der Waals surface area contributed by atoms with E-state index in [2.05, 4.69) is 15.2 Å². The number of ether oxygens (including phenoxy) is 1. The fraction of sp³-hybridized carbons (Fsp3) is 0.333. The van der Waals surface area contributed by atoms with Crippen LogP contribution in [0.3, 0.4) is 0 Å². The number of rotatable bonds is 4. The van der Waals surface area contributed by atoms with Crippen LogP contribution in [0.4, 0.5) is 10.1 Å². The van der Waals surface area contributed by atoms with Gasteiger partial charge < -0.3 is 10.1 Å². The number of fused-ring (bicyclic) bond motifs is 1. The van der Waals surface area contributed by atoms with Crippen LogP contribution in [0.25, 0.3) is 5.65 Å². The summed E-state index contributed by atoms with van der Waals surface area (Å²) in [6.45, 7) is 6.60. The lowest BCUT2D eigenvalue weighted by atomic mass is 10.1. The highest BCUT2D eigenvalue weighted by molar-refractivity contribution is 5.50. The second kappa shape index (κ2) is 7.69. The molecule has 3 aromatic rings. The third kappa shape index (κ3) is 3.76. The molecule has 1 unspecified atom stereocenters. The predicted molar refractivity (Wildman–Crippen MR) is 106 cm³/mol. The summed E-state index contributed by atoms with van der Waals surface area (Å²) in [7, 11) is 0. The number of pyridine rings is 1. The molecule has 1 aromatic carbocycles. The maximum atomic E-state index is 13.3. The van der Waals surface area contributed by atoms with Gasteiger partial charge in [-0.3, -0.25) is 14.1 Å². The second-order valence-corrected chi connectivity index (χ2v) is 7.14. The average Bonchev–Trinajstić information content (AvgIpc) is 2.67. The Morgan fingerprint density at radius 1 is 1.25 bits per heavy atom. The van der Waals surface area contributed by atoms with Crippen LogP contribution in [0.1, 0.15) is 22.9 Å². The molecule has 6 nitrogen and oxygen atoms in total. The highest BCUT2D eigenvalue weighted by atomic mass is 19.1. The van der Waals surface area contributed by atoms with E-state index in [1.165, 1.54) is 24.4 Å². The number of anilines is 1. The van der Waals surface area contributed by atoms with Gasteiger partial charge >= 0.3 is 0 Å². The van der Waals surface area contributed by atoms with E-state index >= 15 is 0 Å². The zero-order valence-electron chi connectivity index (χ0n) is 16.0. The monoisotopic (exact) mass is 382 g/mol. The van der Waals surface area contributed by atoms with Gasteiger partial charge in [-0.15, -0.1) is 0 Å². The largest absolute Gasteiger partial charge is 0.372 e.